The summed E-state index contributed by atoms with van der Waals surface area (Å²) in [4.78, 5) is 26.0. The van der Waals surface area contributed by atoms with Crippen LogP contribution in [-0.4, -0.2) is 30.1 Å². The molecular weight excluding hydrogens is 459 g/mol. The van der Waals surface area contributed by atoms with E-state index >= 15 is 0 Å². The van der Waals surface area contributed by atoms with Gasteiger partial charge in [-0.3, -0.25) is 4.79 Å². The summed E-state index contributed by atoms with van der Waals surface area (Å²) in [5, 5.41) is 2.98. The van der Waals surface area contributed by atoms with Gasteiger partial charge in [0.05, 0.1) is 18.1 Å². The van der Waals surface area contributed by atoms with Crippen molar-refractivity contribution in [1.29, 1.82) is 0 Å². The maximum Gasteiger partial charge on any atom is 0.322 e. The number of esters is 1. The summed E-state index contributed by atoms with van der Waals surface area (Å²) in [7, 11) is 0. The number of halogens is 2. The number of carbonyl (C=O) groups excluding carboxylic acids is 2. The van der Waals surface area contributed by atoms with Crippen LogP contribution in [0.2, 0.25) is 5.02 Å². The lowest BCUT2D eigenvalue weighted by molar-refractivity contribution is -0.142. The van der Waals surface area contributed by atoms with Crippen molar-refractivity contribution in [2.45, 2.75) is 26.3 Å². The average Bonchev–Trinajstić information content (AvgIpc) is 2.82. The van der Waals surface area contributed by atoms with E-state index in [-0.39, 0.29) is 34.9 Å². The highest BCUT2D eigenvalue weighted by molar-refractivity contribution is 6.32. The maximum atomic E-state index is 14.7. The average molecular weight is 483 g/mol. The summed E-state index contributed by atoms with van der Waals surface area (Å²) in [5.74, 6) is -0.792. The van der Waals surface area contributed by atoms with E-state index < -0.39 is 5.82 Å². The van der Waals surface area contributed by atoms with Gasteiger partial charge >= 0.3 is 12.0 Å². The summed E-state index contributed by atoms with van der Waals surface area (Å²) in [6.07, 6.45) is 0.864. The second-order valence-corrected chi connectivity index (χ2v) is 8.27. The summed E-state index contributed by atoms with van der Waals surface area (Å²) in [6.45, 7) is 3.14. The molecule has 0 atom stereocenters. The number of urea groups is 1. The van der Waals surface area contributed by atoms with Crippen LogP contribution in [0.15, 0.2) is 60.7 Å². The molecule has 0 bridgehead atoms. The third-order valence-electron chi connectivity index (χ3n) is 5.47. The van der Waals surface area contributed by atoms with E-state index in [9.17, 15) is 14.0 Å². The van der Waals surface area contributed by atoms with Crippen LogP contribution in [0, 0.1) is 5.82 Å². The van der Waals surface area contributed by atoms with Crippen LogP contribution in [0.3, 0.4) is 0 Å². The predicted molar refractivity (Wildman–Crippen MR) is 128 cm³/mol. The summed E-state index contributed by atoms with van der Waals surface area (Å²) < 4.78 is 25.2. The van der Waals surface area contributed by atoms with Crippen molar-refractivity contribution in [3.63, 3.8) is 0 Å². The minimum absolute atomic E-state index is 0.0371. The molecule has 1 aliphatic rings. The molecule has 6 nitrogen and oxygen atoms in total. The molecule has 1 N–H and O–H groups in total. The maximum absolute atomic E-state index is 14.7. The lowest BCUT2D eigenvalue weighted by Crippen LogP contribution is -2.38. The van der Waals surface area contributed by atoms with Gasteiger partial charge < -0.3 is 19.7 Å². The fourth-order valence-corrected chi connectivity index (χ4v) is 4.01. The molecule has 3 aromatic rings. The smallest absolute Gasteiger partial charge is 0.322 e. The standard InChI is InChI=1S/C26H24ClFN2O4/c1-2-33-25(31)14-17-7-9-23(21(27)13-17)34-24-10-8-20(15-22(24)28)29-26(32)30-12-11-18-5-3-4-6-19(18)16-30/h3-10,13,15H,2,11-12,14,16H2,1H3,(H,29,32). The molecule has 0 spiro atoms. The van der Waals surface area contributed by atoms with Gasteiger partial charge in [-0.25, -0.2) is 9.18 Å². The highest BCUT2D eigenvalue weighted by Crippen LogP contribution is 2.33. The van der Waals surface area contributed by atoms with Crippen molar-refractivity contribution in [2.24, 2.45) is 0 Å². The Hall–Kier alpha value is -3.58. The number of hydrogen-bond donors (Lipinski definition) is 1. The summed E-state index contributed by atoms with van der Waals surface area (Å²) in [6, 6.07) is 16.8. The van der Waals surface area contributed by atoms with Crippen LogP contribution in [0.4, 0.5) is 14.9 Å². The molecule has 0 aliphatic carbocycles. The number of anilines is 1. The van der Waals surface area contributed by atoms with Gasteiger partial charge in [0.25, 0.3) is 0 Å². The molecule has 1 aliphatic heterocycles. The normalized spacial score (nSPS) is 12.6. The highest BCUT2D eigenvalue weighted by Gasteiger charge is 2.21. The van der Waals surface area contributed by atoms with E-state index in [2.05, 4.69) is 11.4 Å². The number of hydrogen-bond acceptors (Lipinski definition) is 4. The molecule has 34 heavy (non-hydrogen) atoms. The number of ether oxygens (including phenoxy) is 2. The zero-order valence-corrected chi connectivity index (χ0v) is 19.4. The van der Waals surface area contributed by atoms with Crippen LogP contribution >= 0.6 is 11.6 Å². The van der Waals surface area contributed by atoms with E-state index in [0.29, 0.717) is 30.9 Å². The SMILES string of the molecule is CCOC(=O)Cc1ccc(Oc2ccc(NC(=O)N3CCc4ccccc4C3)cc2F)c(Cl)c1. The molecule has 8 heteroatoms. The number of fused-ring (bicyclic) bond motifs is 1. The molecule has 4 rings (SSSR count). The monoisotopic (exact) mass is 482 g/mol. The quantitative estimate of drug-likeness (QED) is 0.440. The third kappa shape index (κ3) is 5.66. The number of amides is 2. The number of nitrogens with one attached hydrogen (secondary N) is 1. The van der Waals surface area contributed by atoms with Gasteiger partial charge in [-0.2, -0.15) is 0 Å². The molecule has 0 unspecified atom stereocenters. The van der Waals surface area contributed by atoms with E-state index in [0.717, 1.165) is 12.0 Å². The van der Waals surface area contributed by atoms with Gasteiger partial charge in [0.15, 0.2) is 11.6 Å². The second kappa shape index (κ2) is 10.6. The Morgan fingerprint density at radius 1 is 1.06 bits per heavy atom. The summed E-state index contributed by atoms with van der Waals surface area (Å²) >= 11 is 6.25. The molecule has 0 saturated carbocycles. The summed E-state index contributed by atoms with van der Waals surface area (Å²) in [5.41, 5.74) is 3.34. The Labute approximate surface area is 202 Å². The van der Waals surface area contributed by atoms with Gasteiger partial charge in [-0.15, -0.1) is 0 Å². The molecule has 2 amide bonds. The molecule has 176 valence electrons. The topological polar surface area (TPSA) is 67.9 Å². The zero-order valence-electron chi connectivity index (χ0n) is 18.6. The molecule has 0 radical (unpaired) electrons. The first-order valence-corrected chi connectivity index (χ1v) is 11.3. The fourth-order valence-electron chi connectivity index (χ4n) is 3.77. The Kier molecular flexibility index (Phi) is 7.33. The second-order valence-electron chi connectivity index (χ2n) is 7.86. The Morgan fingerprint density at radius 2 is 1.82 bits per heavy atom. The highest BCUT2D eigenvalue weighted by atomic mass is 35.5. The van der Waals surface area contributed by atoms with E-state index in [1.54, 1.807) is 36.1 Å². The van der Waals surface area contributed by atoms with Gasteiger partial charge in [0.1, 0.15) is 5.75 Å². The van der Waals surface area contributed by atoms with Gasteiger partial charge in [-0.1, -0.05) is 41.9 Å². The van der Waals surface area contributed by atoms with Crippen molar-refractivity contribution in [1.82, 2.24) is 4.90 Å². The van der Waals surface area contributed by atoms with Crippen LogP contribution < -0.4 is 10.1 Å². The lowest BCUT2D eigenvalue weighted by Gasteiger charge is -2.29. The largest absolute Gasteiger partial charge is 0.466 e. The molecule has 0 saturated heterocycles. The zero-order chi connectivity index (χ0) is 24.1. The van der Waals surface area contributed by atoms with Crippen molar-refractivity contribution in [2.75, 3.05) is 18.5 Å². The first-order chi connectivity index (χ1) is 16.4. The number of carbonyl (C=O) groups is 2. The Bertz CT molecular complexity index is 1220. The fraction of sp³-hybridized carbons (Fsp3) is 0.231. The predicted octanol–water partition coefficient (Wildman–Crippen LogP) is 5.97. The molecule has 0 fully saturated rings. The van der Waals surface area contributed by atoms with Gasteiger partial charge in [0, 0.05) is 24.8 Å². The van der Waals surface area contributed by atoms with Crippen LogP contribution in [-0.2, 0) is 28.9 Å². The van der Waals surface area contributed by atoms with Crippen molar-refractivity contribution in [3.8, 4) is 11.5 Å². The van der Waals surface area contributed by atoms with Crippen molar-refractivity contribution in [3.05, 3.63) is 88.2 Å². The van der Waals surface area contributed by atoms with Crippen LogP contribution in [0.25, 0.3) is 0 Å². The Morgan fingerprint density at radius 3 is 2.56 bits per heavy atom. The number of rotatable bonds is 6. The number of nitrogens with zero attached hydrogens (tertiary/aromatic N) is 1. The molecule has 0 aromatic heterocycles. The number of benzene rings is 3. The first kappa shape index (κ1) is 23.6. The van der Waals surface area contributed by atoms with E-state index in [1.807, 2.05) is 18.2 Å². The minimum Gasteiger partial charge on any atom is -0.466 e. The van der Waals surface area contributed by atoms with Crippen LogP contribution in [0.1, 0.15) is 23.6 Å². The molecular formula is C26H24ClFN2O4. The van der Waals surface area contributed by atoms with Gasteiger partial charge in [0.2, 0.25) is 0 Å². The van der Waals surface area contributed by atoms with Crippen LogP contribution in [0.5, 0.6) is 11.5 Å². The third-order valence-corrected chi connectivity index (χ3v) is 5.77. The lowest BCUT2D eigenvalue weighted by atomic mass is 10.0. The minimum atomic E-state index is -0.645. The molecule has 3 aromatic carbocycles. The molecule has 1 heterocycles. The van der Waals surface area contributed by atoms with E-state index in [1.165, 1.54) is 17.7 Å². The van der Waals surface area contributed by atoms with E-state index in [4.69, 9.17) is 21.1 Å². The van der Waals surface area contributed by atoms with Gasteiger partial charge in [-0.05, 0) is 54.3 Å². The first-order valence-electron chi connectivity index (χ1n) is 11.0. The van der Waals surface area contributed by atoms with Crippen molar-refractivity contribution >= 4 is 29.3 Å². The Balaban J connectivity index is 1.39. The van der Waals surface area contributed by atoms with Crippen molar-refractivity contribution < 1.29 is 23.5 Å².